The molecule has 0 aliphatic heterocycles. The number of hydrogen-bond donors (Lipinski definition) is 2. The number of hydrogen-bond acceptors (Lipinski definition) is 3. The number of methoxy groups -OCH3 is 1. The van der Waals surface area contributed by atoms with Crippen LogP contribution in [0, 0.1) is 0 Å². The average Bonchev–Trinajstić information content (AvgIpc) is 2.93. The van der Waals surface area contributed by atoms with Crippen molar-refractivity contribution in [3.8, 4) is 0 Å². The van der Waals surface area contributed by atoms with Crippen molar-refractivity contribution in [1.29, 1.82) is 0 Å². The first-order valence-electron chi connectivity index (χ1n) is 7.03. The van der Waals surface area contributed by atoms with Gasteiger partial charge in [0.25, 0.3) is 0 Å². The minimum Gasteiger partial charge on any atom is -0.381 e. The van der Waals surface area contributed by atoms with Crippen molar-refractivity contribution in [2.24, 2.45) is 0 Å². The number of benzene rings is 1. The Morgan fingerprint density at radius 2 is 2.35 bits per heavy atom. The molecule has 1 fully saturated rings. The summed E-state index contributed by atoms with van der Waals surface area (Å²) in [5.74, 6) is 1.41. The summed E-state index contributed by atoms with van der Waals surface area (Å²) in [7, 11) is 1.78. The third kappa shape index (κ3) is 2.41. The first-order valence-corrected chi connectivity index (χ1v) is 7.03. The summed E-state index contributed by atoms with van der Waals surface area (Å²) < 4.78 is 5.48. The molecule has 5 heteroatoms. The molecular weight excluding hydrogens is 254 g/mol. The Hall–Kier alpha value is -1.88. The van der Waals surface area contributed by atoms with Crippen LogP contribution in [-0.4, -0.2) is 29.6 Å². The Bertz CT molecular complexity index is 608. The number of anilines is 1. The van der Waals surface area contributed by atoms with Crippen molar-refractivity contribution in [2.75, 3.05) is 12.4 Å². The van der Waals surface area contributed by atoms with Gasteiger partial charge in [0, 0.05) is 13.0 Å². The molecular formula is C15H19N3O2. The normalized spacial score (nSPS) is 22.9. The third-order valence-electron chi connectivity index (χ3n) is 4.09. The molecule has 1 aromatic carbocycles. The second-order valence-corrected chi connectivity index (χ2v) is 5.31. The number of rotatable bonds is 4. The zero-order valence-corrected chi connectivity index (χ0v) is 11.6. The lowest BCUT2D eigenvalue weighted by Gasteiger charge is -2.26. The van der Waals surface area contributed by atoms with Gasteiger partial charge in [-0.25, -0.2) is 4.98 Å². The minimum absolute atomic E-state index is 0.328. The van der Waals surface area contributed by atoms with Gasteiger partial charge in [0.15, 0.2) is 0 Å². The van der Waals surface area contributed by atoms with Crippen LogP contribution in [0.3, 0.4) is 0 Å². The Balaban J connectivity index is 1.92. The van der Waals surface area contributed by atoms with Crippen molar-refractivity contribution >= 4 is 23.1 Å². The molecule has 0 spiro atoms. The zero-order chi connectivity index (χ0) is 13.9. The molecule has 1 aliphatic rings. The fraction of sp³-hybridized carbons (Fsp3) is 0.467. The number of nitrogens with zero attached hydrogens (tertiary/aromatic N) is 1. The summed E-state index contributed by atoms with van der Waals surface area (Å²) in [6.45, 7) is 0. The lowest BCUT2D eigenvalue weighted by molar-refractivity contribution is -0.105. The molecule has 2 atom stereocenters. The van der Waals surface area contributed by atoms with Gasteiger partial charge < -0.3 is 15.0 Å². The van der Waals surface area contributed by atoms with Crippen LogP contribution in [0.5, 0.6) is 0 Å². The monoisotopic (exact) mass is 273 g/mol. The lowest BCUT2D eigenvalue weighted by atomic mass is 9.87. The van der Waals surface area contributed by atoms with E-state index in [0.29, 0.717) is 18.4 Å². The highest BCUT2D eigenvalue weighted by atomic mass is 16.5. The highest BCUT2D eigenvalue weighted by Crippen LogP contribution is 2.34. The number of carbonyl (C=O) groups is 1. The van der Waals surface area contributed by atoms with Crippen molar-refractivity contribution in [2.45, 2.75) is 37.7 Å². The lowest BCUT2D eigenvalue weighted by Crippen LogP contribution is -2.21. The number of aromatic nitrogens is 2. The number of para-hydroxylation sites is 1. The maximum absolute atomic E-state index is 10.6. The smallest absolute Gasteiger partial charge is 0.211 e. The molecule has 1 aliphatic carbocycles. The van der Waals surface area contributed by atoms with Crippen molar-refractivity contribution < 1.29 is 9.53 Å². The third-order valence-corrected chi connectivity index (χ3v) is 4.09. The van der Waals surface area contributed by atoms with Gasteiger partial charge in [0.2, 0.25) is 6.41 Å². The van der Waals surface area contributed by atoms with E-state index in [0.717, 1.165) is 41.8 Å². The summed E-state index contributed by atoms with van der Waals surface area (Å²) in [6, 6.07) is 5.76. The fourth-order valence-corrected chi connectivity index (χ4v) is 3.03. The fourth-order valence-electron chi connectivity index (χ4n) is 3.03. The summed E-state index contributed by atoms with van der Waals surface area (Å²) in [6.07, 6.45) is 5.45. The molecule has 5 nitrogen and oxygen atoms in total. The SMILES string of the molecule is COC1CCCC(c2nc3c(NC=O)cccc3[nH]2)C1. The van der Waals surface area contributed by atoms with Crippen LogP contribution >= 0.6 is 0 Å². The Morgan fingerprint density at radius 1 is 1.45 bits per heavy atom. The molecule has 3 rings (SSSR count). The Morgan fingerprint density at radius 3 is 3.15 bits per heavy atom. The molecule has 2 unspecified atom stereocenters. The number of amides is 1. The molecule has 1 amide bonds. The quantitative estimate of drug-likeness (QED) is 0.842. The molecule has 2 N–H and O–H groups in total. The highest BCUT2D eigenvalue weighted by molar-refractivity contribution is 5.92. The number of carbonyl (C=O) groups excluding carboxylic acids is 1. The molecule has 106 valence electrons. The number of ether oxygens (including phenoxy) is 1. The van der Waals surface area contributed by atoms with E-state index in [2.05, 4.69) is 10.3 Å². The topological polar surface area (TPSA) is 67.0 Å². The maximum atomic E-state index is 10.6. The molecule has 0 saturated heterocycles. The van der Waals surface area contributed by atoms with Crippen molar-refractivity contribution in [3.05, 3.63) is 24.0 Å². The number of fused-ring (bicyclic) bond motifs is 1. The first-order chi connectivity index (χ1) is 9.81. The van der Waals surface area contributed by atoms with E-state index in [4.69, 9.17) is 9.72 Å². The molecule has 20 heavy (non-hydrogen) atoms. The molecule has 0 bridgehead atoms. The van der Waals surface area contributed by atoms with E-state index in [-0.39, 0.29) is 0 Å². The van der Waals surface area contributed by atoms with Gasteiger partial charge in [-0.15, -0.1) is 0 Å². The summed E-state index contributed by atoms with van der Waals surface area (Å²) in [5.41, 5.74) is 2.54. The van der Waals surface area contributed by atoms with Crippen molar-refractivity contribution in [3.63, 3.8) is 0 Å². The maximum Gasteiger partial charge on any atom is 0.211 e. The summed E-state index contributed by atoms with van der Waals surface area (Å²) in [4.78, 5) is 18.7. The second kappa shape index (κ2) is 5.63. The highest BCUT2D eigenvalue weighted by Gasteiger charge is 2.25. The van der Waals surface area contributed by atoms with Gasteiger partial charge in [-0.1, -0.05) is 12.5 Å². The van der Waals surface area contributed by atoms with Gasteiger partial charge >= 0.3 is 0 Å². The predicted octanol–water partition coefficient (Wildman–Crippen LogP) is 2.80. The predicted molar refractivity (Wildman–Crippen MR) is 77.8 cm³/mol. The van der Waals surface area contributed by atoms with Gasteiger partial charge in [0.1, 0.15) is 11.3 Å². The number of nitrogens with one attached hydrogen (secondary N) is 2. The Labute approximate surface area is 117 Å². The largest absolute Gasteiger partial charge is 0.381 e. The van der Waals surface area contributed by atoms with Gasteiger partial charge in [-0.05, 0) is 31.4 Å². The van der Waals surface area contributed by atoms with Crippen LogP contribution in [0.4, 0.5) is 5.69 Å². The average molecular weight is 273 g/mol. The van der Waals surface area contributed by atoms with E-state index < -0.39 is 0 Å². The second-order valence-electron chi connectivity index (χ2n) is 5.31. The molecule has 1 heterocycles. The molecule has 0 radical (unpaired) electrons. The molecule has 2 aromatic rings. The van der Waals surface area contributed by atoms with Crippen LogP contribution in [0.1, 0.15) is 37.4 Å². The van der Waals surface area contributed by atoms with Crippen LogP contribution < -0.4 is 5.32 Å². The summed E-state index contributed by atoms with van der Waals surface area (Å²) in [5, 5.41) is 2.70. The van der Waals surface area contributed by atoms with E-state index in [1.807, 2.05) is 18.2 Å². The number of H-pyrrole nitrogens is 1. The summed E-state index contributed by atoms with van der Waals surface area (Å²) >= 11 is 0. The number of aromatic amines is 1. The van der Waals surface area contributed by atoms with E-state index >= 15 is 0 Å². The van der Waals surface area contributed by atoms with Crippen LogP contribution in [0.15, 0.2) is 18.2 Å². The Kier molecular flexibility index (Phi) is 3.69. The van der Waals surface area contributed by atoms with E-state index in [9.17, 15) is 4.79 Å². The number of imidazole rings is 1. The van der Waals surface area contributed by atoms with E-state index in [1.165, 1.54) is 6.42 Å². The van der Waals surface area contributed by atoms with Gasteiger partial charge in [0.05, 0.1) is 17.3 Å². The van der Waals surface area contributed by atoms with Crippen LogP contribution in [0.2, 0.25) is 0 Å². The van der Waals surface area contributed by atoms with Gasteiger partial charge in [-0.2, -0.15) is 0 Å². The van der Waals surface area contributed by atoms with E-state index in [1.54, 1.807) is 7.11 Å². The standard InChI is InChI=1S/C15H19N3O2/c1-20-11-5-2-4-10(8-11)15-17-13-7-3-6-12(16-9-19)14(13)18-15/h3,6-7,9-11H,2,4-5,8H2,1H3,(H,16,19)(H,17,18). The van der Waals surface area contributed by atoms with Crippen molar-refractivity contribution in [1.82, 2.24) is 9.97 Å². The van der Waals surface area contributed by atoms with Gasteiger partial charge in [-0.3, -0.25) is 4.79 Å². The van der Waals surface area contributed by atoms with Crippen LogP contribution in [-0.2, 0) is 9.53 Å². The minimum atomic E-state index is 0.328. The zero-order valence-electron chi connectivity index (χ0n) is 11.6. The molecule has 1 aromatic heterocycles. The first kappa shape index (κ1) is 13.1. The molecule has 1 saturated carbocycles. The van der Waals surface area contributed by atoms with Crippen LogP contribution in [0.25, 0.3) is 11.0 Å².